The van der Waals surface area contributed by atoms with Gasteiger partial charge in [0.25, 0.3) is 11.6 Å². The van der Waals surface area contributed by atoms with Gasteiger partial charge < -0.3 is 10.2 Å². The van der Waals surface area contributed by atoms with Crippen molar-refractivity contribution in [2.45, 2.75) is 24.2 Å². The summed E-state index contributed by atoms with van der Waals surface area (Å²) >= 11 is 1.44. The smallest absolute Gasteiger partial charge is 0.282 e. The number of hydrogen-bond donors (Lipinski definition) is 1. The van der Waals surface area contributed by atoms with Crippen molar-refractivity contribution in [3.63, 3.8) is 0 Å². The zero-order valence-electron chi connectivity index (χ0n) is 14.6. The van der Waals surface area contributed by atoms with Crippen LogP contribution in [0.2, 0.25) is 0 Å². The fourth-order valence-corrected chi connectivity index (χ4v) is 3.53. The topological polar surface area (TPSA) is 75.5 Å². The fraction of sp³-hybridized carbons (Fsp3) is 0.316. The third-order valence-electron chi connectivity index (χ3n) is 4.49. The summed E-state index contributed by atoms with van der Waals surface area (Å²) in [5, 5.41) is 14.0. The third kappa shape index (κ3) is 4.16. The molecule has 6 nitrogen and oxygen atoms in total. The number of rotatable bonds is 5. The molecule has 1 aliphatic heterocycles. The van der Waals surface area contributed by atoms with Crippen molar-refractivity contribution in [3.05, 3.63) is 58.1 Å². The minimum Gasteiger partial charge on any atom is -0.372 e. The molecule has 0 unspecified atom stereocenters. The van der Waals surface area contributed by atoms with E-state index in [0.29, 0.717) is 5.69 Å². The number of nitrogens with one attached hydrogen (secondary N) is 1. The van der Waals surface area contributed by atoms with Gasteiger partial charge in [-0.25, -0.2) is 0 Å². The van der Waals surface area contributed by atoms with Crippen LogP contribution < -0.4 is 10.2 Å². The minimum atomic E-state index is -0.529. The molecule has 1 heterocycles. The standard InChI is InChI=1S/C19H21N3O3S/c1-26-16-9-10-18(22(24)25)17(13-16)19(23)20-14-5-7-15(8-6-14)21-11-3-2-4-12-21/h5-10,13H,2-4,11-12H2,1H3,(H,20,23). The number of carbonyl (C=O) groups excluding carboxylic acids is 1. The Kier molecular flexibility index (Phi) is 5.78. The number of hydrogen-bond acceptors (Lipinski definition) is 5. The monoisotopic (exact) mass is 371 g/mol. The molecule has 7 heteroatoms. The highest BCUT2D eigenvalue weighted by Crippen LogP contribution is 2.26. The number of nitro benzene ring substituents is 1. The van der Waals surface area contributed by atoms with Crippen LogP contribution in [-0.2, 0) is 0 Å². The van der Waals surface area contributed by atoms with E-state index in [0.717, 1.165) is 23.7 Å². The lowest BCUT2D eigenvalue weighted by Crippen LogP contribution is -2.29. The van der Waals surface area contributed by atoms with Gasteiger partial charge in [0, 0.05) is 35.4 Å². The van der Waals surface area contributed by atoms with Crippen molar-refractivity contribution < 1.29 is 9.72 Å². The molecule has 2 aromatic carbocycles. The van der Waals surface area contributed by atoms with Crippen LogP contribution in [0.4, 0.5) is 17.1 Å². The van der Waals surface area contributed by atoms with Crippen LogP contribution in [0.15, 0.2) is 47.4 Å². The Morgan fingerprint density at radius 3 is 2.42 bits per heavy atom. The Morgan fingerprint density at radius 2 is 1.81 bits per heavy atom. The van der Waals surface area contributed by atoms with Crippen molar-refractivity contribution in [2.75, 3.05) is 29.6 Å². The molecule has 136 valence electrons. The van der Waals surface area contributed by atoms with Crippen molar-refractivity contribution in [2.24, 2.45) is 0 Å². The summed E-state index contributed by atoms with van der Waals surface area (Å²) in [7, 11) is 0. The van der Waals surface area contributed by atoms with Gasteiger partial charge in [0.2, 0.25) is 0 Å². The Labute approximate surface area is 156 Å². The Bertz CT molecular complexity index is 802. The number of nitro groups is 1. The second kappa shape index (κ2) is 8.23. The van der Waals surface area contributed by atoms with Crippen LogP contribution in [0.5, 0.6) is 0 Å². The van der Waals surface area contributed by atoms with Crippen molar-refractivity contribution in [1.82, 2.24) is 0 Å². The van der Waals surface area contributed by atoms with E-state index in [2.05, 4.69) is 10.2 Å². The van der Waals surface area contributed by atoms with E-state index in [1.165, 1.54) is 37.1 Å². The molecule has 3 rings (SSSR count). The SMILES string of the molecule is CSc1ccc([N+](=O)[O-])c(C(=O)Nc2ccc(N3CCCCC3)cc2)c1. The van der Waals surface area contributed by atoms with E-state index >= 15 is 0 Å². The maximum absolute atomic E-state index is 12.6. The van der Waals surface area contributed by atoms with Gasteiger partial charge in [0.15, 0.2) is 0 Å². The first kappa shape index (κ1) is 18.3. The number of thioether (sulfide) groups is 1. The highest BCUT2D eigenvalue weighted by molar-refractivity contribution is 7.98. The molecular weight excluding hydrogens is 350 g/mol. The lowest BCUT2D eigenvalue weighted by molar-refractivity contribution is -0.385. The van der Waals surface area contributed by atoms with E-state index in [4.69, 9.17) is 0 Å². The summed E-state index contributed by atoms with van der Waals surface area (Å²) in [6, 6.07) is 12.2. The average Bonchev–Trinajstić information content (AvgIpc) is 2.68. The van der Waals surface area contributed by atoms with Crippen molar-refractivity contribution in [3.8, 4) is 0 Å². The second-order valence-corrected chi connectivity index (χ2v) is 7.07. The molecule has 26 heavy (non-hydrogen) atoms. The minimum absolute atomic E-state index is 0.0713. The molecule has 0 atom stereocenters. The number of amides is 1. The Morgan fingerprint density at radius 1 is 1.12 bits per heavy atom. The molecule has 1 N–H and O–H groups in total. The number of anilines is 2. The zero-order chi connectivity index (χ0) is 18.5. The molecule has 0 saturated carbocycles. The molecule has 1 fully saturated rings. The van der Waals surface area contributed by atoms with E-state index < -0.39 is 10.8 Å². The summed E-state index contributed by atoms with van der Waals surface area (Å²) in [5.41, 5.74) is 1.64. The quantitative estimate of drug-likeness (QED) is 0.474. The van der Waals surface area contributed by atoms with Gasteiger partial charge in [-0.05, 0) is 61.9 Å². The summed E-state index contributed by atoms with van der Waals surface area (Å²) < 4.78 is 0. The molecule has 0 bridgehead atoms. The molecule has 1 amide bonds. The molecule has 1 aliphatic rings. The summed E-state index contributed by atoms with van der Waals surface area (Å²) in [4.78, 5) is 26.4. The highest BCUT2D eigenvalue weighted by atomic mass is 32.2. The van der Waals surface area contributed by atoms with Gasteiger partial charge in [0.05, 0.1) is 4.92 Å². The van der Waals surface area contributed by atoms with Gasteiger partial charge in [-0.1, -0.05) is 0 Å². The summed E-state index contributed by atoms with van der Waals surface area (Å²) in [6.45, 7) is 2.11. The fourth-order valence-electron chi connectivity index (χ4n) is 3.09. The van der Waals surface area contributed by atoms with E-state index in [1.807, 2.05) is 30.5 Å². The predicted molar refractivity (Wildman–Crippen MR) is 105 cm³/mol. The zero-order valence-corrected chi connectivity index (χ0v) is 15.4. The van der Waals surface area contributed by atoms with E-state index in [-0.39, 0.29) is 11.3 Å². The van der Waals surface area contributed by atoms with E-state index in [1.54, 1.807) is 12.1 Å². The first-order valence-electron chi connectivity index (χ1n) is 8.57. The van der Waals surface area contributed by atoms with Gasteiger partial charge in [-0.15, -0.1) is 11.8 Å². The Balaban J connectivity index is 1.76. The van der Waals surface area contributed by atoms with Gasteiger partial charge in [-0.3, -0.25) is 14.9 Å². The predicted octanol–water partition coefficient (Wildman–Crippen LogP) is 4.56. The molecular formula is C19H21N3O3S. The van der Waals surface area contributed by atoms with Crippen molar-refractivity contribution >= 4 is 34.7 Å². The van der Waals surface area contributed by atoms with Crippen LogP contribution in [0.25, 0.3) is 0 Å². The number of carbonyl (C=O) groups is 1. The van der Waals surface area contributed by atoms with Gasteiger partial charge >= 0.3 is 0 Å². The Hall–Kier alpha value is -2.54. The third-order valence-corrected chi connectivity index (χ3v) is 5.22. The normalized spacial score (nSPS) is 14.1. The highest BCUT2D eigenvalue weighted by Gasteiger charge is 2.21. The maximum Gasteiger partial charge on any atom is 0.282 e. The van der Waals surface area contributed by atoms with E-state index in [9.17, 15) is 14.9 Å². The molecule has 2 aromatic rings. The average molecular weight is 371 g/mol. The lowest BCUT2D eigenvalue weighted by Gasteiger charge is -2.28. The van der Waals surface area contributed by atoms with Gasteiger partial charge in [-0.2, -0.15) is 0 Å². The number of piperidine rings is 1. The molecule has 0 aromatic heterocycles. The molecule has 0 spiro atoms. The summed E-state index contributed by atoms with van der Waals surface area (Å²) in [5.74, 6) is -0.474. The van der Waals surface area contributed by atoms with Crippen molar-refractivity contribution in [1.29, 1.82) is 0 Å². The van der Waals surface area contributed by atoms with Crippen LogP contribution in [0, 0.1) is 10.1 Å². The first-order chi connectivity index (χ1) is 12.6. The first-order valence-corrected chi connectivity index (χ1v) is 9.80. The van der Waals surface area contributed by atoms with Crippen LogP contribution >= 0.6 is 11.8 Å². The van der Waals surface area contributed by atoms with Crippen LogP contribution in [-0.4, -0.2) is 30.2 Å². The molecule has 0 aliphatic carbocycles. The molecule has 0 radical (unpaired) electrons. The molecule has 1 saturated heterocycles. The number of benzene rings is 2. The van der Waals surface area contributed by atoms with Crippen LogP contribution in [0.1, 0.15) is 29.6 Å². The van der Waals surface area contributed by atoms with Crippen LogP contribution in [0.3, 0.4) is 0 Å². The lowest BCUT2D eigenvalue weighted by atomic mass is 10.1. The van der Waals surface area contributed by atoms with Gasteiger partial charge in [0.1, 0.15) is 5.56 Å². The maximum atomic E-state index is 12.6. The number of nitrogens with zero attached hydrogens (tertiary/aromatic N) is 2. The second-order valence-electron chi connectivity index (χ2n) is 6.19. The summed E-state index contributed by atoms with van der Waals surface area (Å²) in [6.07, 6.45) is 5.54. The largest absolute Gasteiger partial charge is 0.372 e.